The number of hydrogen-bond donors (Lipinski definition) is 6. The fourth-order valence-corrected chi connectivity index (χ4v) is 8.40. The van der Waals surface area contributed by atoms with Crippen LogP contribution in [0.1, 0.15) is 18.2 Å². The number of nitrogens with zero attached hydrogens (tertiary/aromatic N) is 4. The molecule has 4 aromatic rings. The summed E-state index contributed by atoms with van der Waals surface area (Å²) in [6.07, 6.45) is -4.51. The van der Waals surface area contributed by atoms with Gasteiger partial charge in [0.2, 0.25) is 12.7 Å². The van der Waals surface area contributed by atoms with E-state index in [1.807, 2.05) is 42.5 Å². The second kappa shape index (κ2) is 10.9. The summed E-state index contributed by atoms with van der Waals surface area (Å²) >= 11 is 6.20. The average Bonchev–Trinajstić information content (AvgIpc) is 3.40. The number of aromatic nitrogens is 4. The van der Waals surface area contributed by atoms with Crippen LogP contribution >= 0.6 is 26.6 Å². The highest BCUT2D eigenvalue weighted by Gasteiger charge is 2.45. The van der Waals surface area contributed by atoms with Crippen LogP contribution in [0.25, 0.3) is 21.9 Å². The third-order valence-electron chi connectivity index (χ3n) is 6.50. The van der Waals surface area contributed by atoms with Crippen LogP contribution in [0, 0.1) is 0 Å². The normalized spacial score (nSPS) is 23.3. The molecule has 0 saturated carbocycles. The largest absolute Gasteiger partial charge is 0.388 e. The topological polar surface area (TPSA) is 200 Å². The molecule has 39 heavy (non-hydrogen) atoms. The lowest BCUT2D eigenvalue weighted by Crippen LogP contribution is -2.32. The third kappa shape index (κ3) is 6.17. The Hall–Kier alpha value is -2.44. The summed E-state index contributed by atoms with van der Waals surface area (Å²) < 4.78 is 30.5. The molecule has 208 valence electrons. The van der Waals surface area contributed by atoms with Gasteiger partial charge in [-0.05, 0) is 34.4 Å². The van der Waals surface area contributed by atoms with Gasteiger partial charge in [0.05, 0.1) is 12.4 Å². The number of aliphatic hydroxyl groups excluding tert-OH is 2. The zero-order valence-corrected chi connectivity index (χ0v) is 22.8. The Morgan fingerprint density at radius 1 is 1.03 bits per heavy atom. The van der Waals surface area contributed by atoms with Crippen LogP contribution < -0.4 is 5.32 Å². The lowest BCUT2D eigenvalue weighted by molar-refractivity contribution is -0.0354. The maximum Gasteiger partial charge on any atom is 0.335 e. The number of imidazole rings is 1. The van der Waals surface area contributed by atoms with E-state index in [0.717, 1.165) is 16.3 Å². The van der Waals surface area contributed by atoms with E-state index >= 15 is 0 Å². The van der Waals surface area contributed by atoms with Gasteiger partial charge in [-0.1, -0.05) is 42.5 Å². The number of fused-ring (bicyclic) bond motifs is 2. The summed E-state index contributed by atoms with van der Waals surface area (Å²) in [6, 6.07) is 13.9. The first-order valence-corrected chi connectivity index (χ1v) is 16.1. The van der Waals surface area contributed by atoms with Crippen molar-refractivity contribution in [2.75, 3.05) is 17.4 Å². The van der Waals surface area contributed by atoms with Crippen molar-refractivity contribution in [1.82, 2.24) is 19.5 Å². The van der Waals surface area contributed by atoms with Crippen molar-refractivity contribution < 1.29 is 38.8 Å². The number of halogens is 1. The molecular formula is C23H26ClN5O8P2. The van der Waals surface area contributed by atoms with E-state index in [9.17, 15) is 24.2 Å². The molecule has 0 amide bonds. The number of anilines is 1. The smallest absolute Gasteiger partial charge is 0.335 e. The molecule has 0 bridgehead atoms. The Kier molecular flexibility index (Phi) is 7.82. The van der Waals surface area contributed by atoms with E-state index in [-0.39, 0.29) is 17.4 Å². The van der Waals surface area contributed by atoms with Crippen molar-refractivity contribution in [2.24, 2.45) is 0 Å². The van der Waals surface area contributed by atoms with Crippen LogP contribution in [0.4, 0.5) is 5.82 Å². The van der Waals surface area contributed by atoms with Gasteiger partial charge in [0.1, 0.15) is 18.1 Å². The second-order valence-corrected chi connectivity index (χ2v) is 14.3. The van der Waals surface area contributed by atoms with Crippen LogP contribution in [-0.2, 0) is 20.4 Å². The van der Waals surface area contributed by atoms with Crippen LogP contribution in [0.2, 0.25) is 5.28 Å². The first kappa shape index (κ1) is 28.1. The molecule has 6 N–H and O–H groups in total. The van der Waals surface area contributed by atoms with Crippen LogP contribution in [0.3, 0.4) is 0 Å². The molecule has 2 aromatic heterocycles. The highest BCUT2D eigenvalue weighted by molar-refractivity contribution is 7.72. The van der Waals surface area contributed by atoms with Crippen molar-refractivity contribution in [2.45, 2.75) is 37.5 Å². The van der Waals surface area contributed by atoms with Gasteiger partial charge in [0, 0.05) is 12.7 Å². The first-order chi connectivity index (χ1) is 18.4. The van der Waals surface area contributed by atoms with Crippen molar-refractivity contribution in [1.29, 1.82) is 0 Å². The Labute approximate surface area is 227 Å². The number of nitrogens with one attached hydrogen (secondary N) is 1. The van der Waals surface area contributed by atoms with E-state index in [1.165, 1.54) is 10.9 Å². The minimum absolute atomic E-state index is 0.0899. The van der Waals surface area contributed by atoms with E-state index < -0.39 is 51.6 Å². The minimum Gasteiger partial charge on any atom is -0.388 e. The predicted molar refractivity (Wildman–Crippen MR) is 144 cm³/mol. The number of aliphatic hydroxyl groups is 2. The van der Waals surface area contributed by atoms with Crippen molar-refractivity contribution >= 4 is 54.3 Å². The lowest BCUT2D eigenvalue weighted by atomic mass is 10.0. The predicted octanol–water partition coefficient (Wildman–Crippen LogP) is 2.66. The summed E-state index contributed by atoms with van der Waals surface area (Å²) in [7, 11) is -8.91. The van der Waals surface area contributed by atoms with E-state index in [1.54, 1.807) is 0 Å². The fraction of sp³-hybridized carbons (Fsp3) is 0.348. The van der Waals surface area contributed by atoms with Gasteiger partial charge in [-0.25, -0.2) is 4.98 Å². The number of ether oxygens (including phenoxy) is 1. The highest BCUT2D eigenvalue weighted by atomic mass is 35.5. The molecule has 1 saturated heterocycles. The van der Waals surface area contributed by atoms with Gasteiger partial charge in [0.25, 0.3) is 0 Å². The molecule has 3 unspecified atom stereocenters. The molecule has 1 aliphatic heterocycles. The van der Waals surface area contributed by atoms with Crippen molar-refractivity contribution in [3.8, 4) is 0 Å². The van der Waals surface area contributed by atoms with Crippen molar-refractivity contribution in [3.63, 3.8) is 0 Å². The van der Waals surface area contributed by atoms with E-state index in [0.29, 0.717) is 17.9 Å². The molecule has 1 fully saturated rings. The highest BCUT2D eigenvalue weighted by Crippen LogP contribution is 2.55. The molecule has 0 spiro atoms. The van der Waals surface area contributed by atoms with Gasteiger partial charge in [-0.3, -0.25) is 13.7 Å². The number of hydrogen-bond acceptors (Lipinski definition) is 9. The molecule has 3 heterocycles. The Bertz CT molecular complexity index is 1610. The van der Waals surface area contributed by atoms with E-state index in [2.05, 4.69) is 20.3 Å². The Morgan fingerprint density at radius 3 is 2.54 bits per heavy atom. The molecule has 1 aliphatic rings. The first-order valence-electron chi connectivity index (χ1n) is 11.9. The third-order valence-corrected chi connectivity index (χ3v) is 10.9. The molecule has 0 radical (unpaired) electrons. The zero-order chi connectivity index (χ0) is 27.9. The molecular weight excluding hydrogens is 572 g/mol. The summed E-state index contributed by atoms with van der Waals surface area (Å²) in [4.78, 5) is 40.8. The SMILES string of the molecule is O=P(O)(O)CP(=O)(O)CC[C@H]1O[C@@H](n2cnc3c(NCc4cccc5ccccc45)nc(Cl)nc32)C(O)C1O. The second-order valence-electron chi connectivity index (χ2n) is 9.37. The molecule has 5 rings (SSSR count). The van der Waals surface area contributed by atoms with Gasteiger partial charge in [-0.15, -0.1) is 0 Å². The standard InChI is InChI=1S/C23H26ClN5O8P2/c24-23-27-20(25-10-14-6-3-5-13-4-1-2-7-15(13)14)17-21(28-23)29(11-26-17)22-19(31)18(30)16(37-22)8-9-38(32,33)12-39(34,35)36/h1-7,11,16,18-19,22,30-31H,8-10,12H2,(H,32,33)(H,25,27,28)(H2,34,35,36)/t16-,18?,19?,22-/m1/s1. The van der Waals surface area contributed by atoms with Crippen LogP contribution in [0.5, 0.6) is 0 Å². The Morgan fingerprint density at radius 2 is 1.77 bits per heavy atom. The molecule has 16 heteroatoms. The lowest BCUT2D eigenvalue weighted by Gasteiger charge is -2.18. The van der Waals surface area contributed by atoms with Gasteiger partial charge in [-0.2, -0.15) is 9.97 Å². The number of benzene rings is 2. The summed E-state index contributed by atoms with van der Waals surface area (Å²) in [5, 5.41) is 26.5. The summed E-state index contributed by atoms with van der Waals surface area (Å²) in [5.74, 6) is -0.829. The van der Waals surface area contributed by atoms with Crippen molar-refractivity contribution in [3.05, 3.63) is 59.6 Å². The van der Waals surface area contributed by atoms with Gasteiger partial charge in [0.15, 0.2) is 23.2 Å². The molecule has 0 aliphatic carbocycles. The number of rotatable bonds is 9. The van der Waals surface area contributed by atoms with Gasteiger partial charge >= 0.3 is 7.60 Å². The zero-order valence-electron chi connectivity index (χ0n) is 20.3. The minimum atomic E-state index is -4.71. The van der Waals surface area contributed by atoms with Gasteiger partial charge < -0.3 is 34.9 Å². The maximum atomic E-state index is 12.2. The Balaban J connectivity index is 1.36. The quantitative estimate of drug-likeness (QED) is 0.122. The molecule has 2 aromatic carbocycles. The summed E-state index contributed by atoms with van der Waals surface area (Å²) in [5.41, 5.74) is 1.59. The van der Waals surface area contributed by atoms with Crippen LogP contribution in [-0.4, -0.2) is 74.8 Å². The average molecular weight is 598 g/mol. The monoisotopic (exact) mass is 597 g/mol. The van der Waals surface area contributed by atoms with Crippen LogP contribution in [0.15, 0.2) is 48.8 Å². The molecule has 5 atom stereocenters. The summed E-state index contributed by atoms with van der Waals surface area (Å²) in [6.45, 7) is 0.413. The maximum absolute atomic E-state index is 12.2. The molecule has 13 nitrogen and oxygen atoms in total. The fourth-order valence-electron chi connectivity index (χ4n) is 4.71. The van der Waals surface area contributed by atoms with E-state index in [4.69, 9.17) is 26.1 Å².